The highest BCUT2D eigenvalue weighted by Gasteiger charge is 2.34. The molecule has 1 saturated carbocycles. The smallest absolute Gasteiger partial charge is 0.254 e. The van der Waals surface area contributed by atoms with E-state index in [0.717, 1.165) is 29.3 Å². The Balaban J connectivity index is 1.38. The fourth-order valence-corrected chi connectivity index (χ4v) is 5.80. The van der Waals surface area contributed by atoms with E-state index >= 15 is 0 Å². The predicted octanol–water partition coefficient (Wildman–Crippen LogP) is 2.96. The first kappa shape index (κ1) is 21.8. The summed E-state index contributed by atoms with van der Waals surface area (Å²) >= 11 is 1.25. The van der Waals surface area contributed by atoms with Gasteiger partial charge in [-0.2, -0.15) is 4.31 Å². The van der Waals surface area contributed by atoms with Gasteiger partial charge in [-0.25, -0.2) is 17.2 Å². The van der Waals surface area contributed by atoms with Gasteiger partial charge in [-0.3, -0.25) is 9.59 Å². The quantitative estimate of drug-likeness (QED) is 0.680. The van der Waals surface area contributed by atoms with Crippen molar-refractivity contribution in [3.05, 3.63) is 46.8 Å². The Bertz CT molecular complexity index is 1110. The first-order chi connectivity index (χ1) is 14.8. The van der Waals surface area contributed by atoms with E-state index in [1.807, 2.05) is 0 Å². The number of hydrogen-bond acceptors (Lipinski definition) is 5. The van der Waals surface area contributed by atoms with Crippen LogP contribution in [0.15, 0.2) is 34.5 Å². The van der Waals surface area contributed by atoms with Crippen molar-refractivity contribution in [3.8, 4) is 0 Å². The highest BCUT2D eigenvalue weighted by molar-refractivity contribution is 7.89. The lowest BCUT2D eigenvalue weighted by molar-refractivity contribution is -0.120. The first-order valence-corrected chi connectivity index (χ1v) is 12.2. The minimum Gasteiger partial charge on any atom is -0.349 e. The van der Waals surface area contributed by atoms with Gasteiger partial charge in [-0.15, -0.1) is 11.3 Å². The molecule has 1 aromatic heterocycles. The minimum atomic E-state index is -4.20. The number of halogens is 2. The zero-order valence-electron chi connectivity index (χ0n) is 16.4. The molecule has 0 bridgehead atoms. The van der Waals surface area contributed by atoms with Crippen LogP contribution >= 0.6 is 11.3 Å². The number of hydrogen-bond donors (Lipinski definition) is 2. The normalized spacial score (nSPS) is 18.0. The molecule has 2 heterocycles. The third kappa shape index (κ3) is 4.78. The fourth-order valence-electron chi connectivity index (χ4n) is 3.46. The van der Waals surface area contributed by atoms with E-state index in [-0.39, 0.29) is 43.8 Å². The average molecular weight is 470 g/mol. The molecule has 2 fully saturated rings. The summed E-state index contributed by atoms with van der Waals surface area (Å²) in [6.45, 7) is 0.0195. The van der Waals surface area contributed by atoms with Crippen LogP contribution in [0.1, 0.15) is 36.0 Å². The fraction of sp³-hybridized carbons (Fsp3) is 0.400. The molecule has 0 radical (unpaired) electrons. The number of sulfonamides is 1. The number of amides is 2. The molecule has 7 nitrogen and oxygen atoms in total. The monoisotopic (exact) mass is 469 g/mol. The topological polar surface area (TPSA) is 95.6 Å². The van der Waals surface area contributed by atoms with Gasteiger partial charge in [0.2, 0.25) is 15.9 Å². The Labute approximate surface area is 182 Å². The summed E-state index contributed by atoms with van der Waals surface area (Å²) < 4.78 is 53.8. The van der Waals surface area contributed by atoms with Crippen LogP contribution in [-0.2, 0) is 14.8 Å². The summed E-state index contributed by atoms with van der Waals surface area (Å²) in [5, 5.41) is 7.84. The van der Waals surface area contributed by atoms with Crippen LogP contribution in [0.25, 0.3) is 0 Å². The first-order valence-electron chi connectivity index (χ1n) is 9.90. The van der Waals surface area contributed by atoms with Gasteiger partial charge in [-0.05, 0) is 55.3 Å². The summed E-state index contributed by atoms with van der Waals surface area (Å²) in [6, 6.07) is 4.15. The third-order valence-electron chi connectivity index (χ3n) is 5.39. The Kier molecular flexibility index (Phi) is 6.09. The van der Waals surface area contributed by atoms with Crippen molar-refractivity contribution in [1.82, 2.24) is 9.62 Å². The van der Waals surface area contributed by atoms with Crippen molar-refractivity contribution in [2.24, 2.45) is 5.92 Å². The van der Waals surface area contributed by atoms with E-state index < -0.39 is 32.5 Å². The van der Waals surface area contributed by atoms with Crippen LogP contribution in [0, 0.1) is 17.6 Å². The molecule has 11 heteroatoms. The van der Waals surface area contributed by atoms with Gasteiger partial charge in [0.1, 0.15) is 21.5 Å². The van der Waals surface area contributed by atoms with Gasteiger partial charge < -0.3 is 10.6 Å². The molecule has 0 spiro atoms. The molecular formula is C20H21F2N3O4S2. The Morgan fingerprint density at radius 3 is 2.45 bits per heavy atom. The molecule has 1 aromatic carbocycles. The maximum atomic E-state index is 14.0. The number of rotatable bonds is 6. The van der Waals surface area contributed by atoms with Gasteiger partial charge in [0.05, 0.1) is 5.56 Å². The van der Waals surface area contributed by atoms with Crippen LogP contribution in [0.4, 0.5) is 13.8 Å². The van der Waals surface area contributed by atoms with Crippen molar-refractivity contribution >= 4 is 38.2 Å². The lowest BCUT2D eigenvalue weighted by Crippen LogP contribution is -2.41. The highest BCUT2D eigenvalue weighted by atomic mass is 32.2. The van der Waals surface area contributed by atoms with E-state index in [2.05, 4.69) is 10.6 Å². The van der Waals surface area contributed by atoms with E-state index in [4.69, 9.17) is 0 Å². The van der Waals surface area contributed by atoms with Crippen LogP contribution in [-0.4, -0.2) is 43.7 Å². The number of benzene rings is 1. The molecule has 0 unspecified atom stereocenters. The molecule has 2 aromatic rings. The summed E-state index contributed by atoms with van der Waals surface area (Å²) in [5.74, 6) is -2.83. The Morgan fingerprint density at radius 1 is 1.06 bits per heavy atom. The number of carbonyl (C=O) groups excluding carboxylic acids is 2. The Hall–Kier alpha value is -2.37. The van der Waals surface area contributed by atoms with Crippen LogP contribution in [0.5, 0.6) is 0 Å². The number of piperidine rings is 1. The van der Waals surface area contributed by atoms with Crippen molar-refractivity contribution in [3.63, 3.8) is 0 Å². The van der Waals surface area contributed by atoms with Crippen molar-refractivity contribution in [2.45, 2.75) is 36.6 Å². The maximum absolute atomic E-state index is 14.0. The van der Waals surface area contributed by atoms with Gasteiger partial charge in [0, 0.05) is 25.0 Å². The second-order valence-electron chi connectivity index (χ2n) is 7.65. The molecule has 4 rings (SSSR count). The molecule has 1 saturated heterocycles. The van der Waals surface area contributed by atoms with Crippen LogP contribution < -0.4 is 10.6 Å². The predicted molar refractivity (Wildman–Crippen MR) is 111 cm³/mol. The average Bonchev–Trinajstić information content (AvgIpc) is 3.44. The SMILES string of the molecule is O=C(NC1CC1)c1ccsc1NC(=O)C1CCN(S(=O)(=O)c2cc(F)ccc2F)CC1. The third-order valence-corrected chi connectivity index (χ3v) is 8.14. The number of nitrogens with one attached hydrogen (secondary N) is 2. The second-order valence-corrected chi connectivity index (χ2v) is 10.5. The number of thiophene rings is 1. The van der Waals surface area contributed by atoms with Crippen molar-refractivity contribution in [2.75, 3.05) is 18.4 Å². The van der Waals surface area contributed by atoms with Gasteiger partial charge in [0.15, 0.2) is 0 Å². The van der Waals surface area contributed by atoms with Gasteiger partial charge in [-0.1, -0.05) is 0 Å². The molecule has 1 aliphatic carbocycles. The molecule has 1 aliphatic heterocycles. The molecule has 2 amide bonds. The summed E-state index contributed by atoms with van der Waals surface area (Å²) in [4.78, 5) is 24.3. The molecular weight excluding hydrogens is 448 g/mol. The van der Waals surface area contributed by atoms with Crippen molar-refractivity contribution < 1.29 is 26.8 Å². The standard InChI is InChI=1S/C20H21F2N3O4S2/c21-13-1-4-16(22)17(11-13)31(28,29)25-8-5-12(6-9-25)18(26)24-20-15(7-10-30-20)19(27)23-14-2-3-14/h1,4,7,10-12,14H,2-3,5-6,8-9H2,(H,23,27)(H,24,26). The van der Waals surface area contributed by atoms with Gasteiger partial charge >= 0.3 is 0 Å². The van der Waals surface area contributed by atoms with Crippen LogP contribution in [0.2, 0.25) is 0 Å². The van der Waals surface area contributed by atoms with Crippen molar-refractivity contribution in [1.29, 1.82) is 0 Å². The summed E-state index contributed by atoms with van der Waals surface area (Å²) in [6.07, 6.45) is 2.38. The van der Waals surface area contributed by atoms with Gasteiger partial charge in [0.25, 0.3) is 5.91 Å². The number of anilines is 1. The van der Waals surface area contributed by atoms with E-state index in [1.54, 1.807) is 11.4 Å². The van der Waals surface area contributed by atoms with E-state index in [9.17, 15) is 26.8 Å². The Morgan fingerprint density at radius 2 is 1.77 bits per heavy atom. The lowest BCUT2D eigenvalue weighted by atomic mass is 9.97. The van der Waals surface area contributed by atoms with E-state index in [1.165, 1.54) is 11.3 Å². The van der Waals surface area contributed by atoms with Crippen LogP contribution in [0.3, 0.4) is 0 Å². The summed E-state index contributed by atoms with van der Waals surface area (Å²) in [7, 11) is -4.20. The molecule has 2 N–H and O–H groups in total. The lowest BCUT2D eigenvalue weighted by Gasteiger charge is -2.30. The number of carbonyl (C=O) groups is 2. The maximum Gasteiger partial charge on any atom is 0.254 e. The highest BCUT2D eigenvalue weighted by Crippen LogP contribution is 2.29. The zero-order chi connectivity index (χ0) is 22.2. The minimum absolute atomic E-state index is 0.00976. The molecule has 2 aliphatic rings. The molecule has 0 atom stereocenters. The largest absolute Gasteiger partial charge is 0.349 e. The second kappa shape index (κ2) is 8.64. The molecule has 166 valence electrons. The number of nitrogens with zero attached hydrogens (tertiary/aromatic N) is 1. The zero-order valence-corrected chi connectivity index (χ0v) is 18.1. The summed E-state index contributed by atoms with van der Waals surface area (Å²) in [5.41, 5.74) is 0.409. The van der Waals surface area contributed by atoms with E-state index in [0.29, 0.717) is 16.6 Å². The molecule has 31 heavy (non-hydrogen) atoms.